The number of ether oxygens (including phenoxy) is 1. The lowest BCUT2D eigenvalue weighted by atomic mass is 9.79. The summed E-state index contributed by atoms with van der Waals surface area (Å²) in [6, 6.07) is 10.8. The largest absolute Gasteiger partial charge is 0.478 e. The van der Waals surface area contributed by atoms with Gasteiger partial charge in [0.05, 0.1) is 6.61 Å². The van der Waals surface area contributed by atoms with Crippen LogP contribution in [0.25, 0.3) is 0 Å². The van der Waals surface area contributed by atoms with Crippen molar-refractivity contribution < 1.29 is 29.3 Å². The van der Waals surface area contributed by atoms with Crippen molar-refractivity contribution in [3.63, 3.8) is 0 Å². The second kappa shape index (κ2) is 12.4. The second-order valence-electron chi connectivity index (χ2n) is 9.06. The fourth-order valence-electron chi connectivity index (χ4n) is 5.20. The molecule has 8 nitrogen and oxygen atoms in total. The summed E-state index contributed by atoms with van der Waals surface area (Å²) in [6.07, 6.45) is 8.07. The molecule has 1 aromatic carbocycles. The van der Waals surface area contributed by atoms with Crippen LogP contribution in [0, 0.1) is 11.8 Å². The highest BCUT2D eigenvalue weighted by molar-refractivity contribution is 5.89. The van der Waals surface area contributed by atoms with Crippen LogP contribution in [0.5, 0.6) is 0 Å². The fraction of sp³-hybridized carbons (Fsp3) is 0.560. The number of nitrogens with zero attached hydrogens (tertiary/aromatic N) is 1. The van der Waals surface area contributed by atoms with Crippen molar-refractivity contribution in [2.75, 3.05) is 26.2 Å². The molecule has 1 saturated carbocycles. The molecule has 0 spiro atoms. The third-order valence-electron chi connectivity index (χ3n) is 6.89. The highest BCUT2D eigenvalue weighted by Gasteiger charge is 2.35. The van der Waals surface area contributed by atoms with Crippen molar-refractivity contribution in [3.05, 3.63) is 48.0 Å². The van der Waals surface area contributed by atoms with E-state index in [9.17, 15) is 14.4 Å². The first-order valence-corrected chi connectivity index (χ1v) is 11.8. The van der Waals surface area contributed by atoms with E-state index in [1.165, 1.54) is 44.3 Å². The third-order valence-corrected chi connectivity index (χ3v) is 6.89. The number of rotatable bonds is 6. The van der Waals surface area contributed by atoms with E-state index in [-0.39, 0.29) is 12.1 Å². The fourth-order valence-corrected chi connectivity index (χ4v) is 5.20. The molecule has 180 valence electrons. The monoisotopic (exact) mass is 458 g/mol. The van der Waals surface area contributed by atoms with Crippen molar-refractivity contribution >= 4 is 18.0 Å². The van der Waals surface area contributed by atoms with E-state index in [2.05, 4.69) is 40.5 Å². The number of carbonyl (C=O) groups excluding carboxylic acids is 1. The van der Waals surface area contributed by atoms with Gasteiger partial charge in [-0.2, -0.15) is 0 Å². The van der Waals surface area contributed by atoms with Crippen LogP contribution in [-0.2, 0) is 14.3 Å². The molecule has 4 fully saturated rings. The van der Waals surface area contributed by atoms with Gasteiger partial charge in [-0.25, -0.2) is 14.4 Å². The summed E-state index contributed by atoms with van der Waals surface area (Å²) in [5.74, 6) is -0.812. The lowest BCUT2D eigenvalue weighted by Crippen LogP contribution is -2.49. The second-order valence-corrected chi connectivity index (χ2v) is 9.06. The normalized spacial score (nSPS) is 28.4. The number of nitrogens with one attached hydrogen (secondary N) is 1. The van der Waals surface area contributed by atoms with Crippen LogP contribution in [0.4, 0.5) is 4.79 Å². The number of carboxylic acid groups (broad SMARTS) is 2. The highest BCUT2D eigenvalue weighted by atomic mass is 16.5. The van der Waals surface area contributed by atoms with E-state index in [0.29, 0.717) is 30.6 Å². The molecular weight excluding hydrogens is 424 g/mol. The Bertz CT molecular complexity index is 803. The molecule has 3 saturated heterocycles. The zero-order chi connectivity index (χ0) is 23.6. The first kappa shape index (κ1) is 24.8. The number of benzene rings is 1. The number of alkyl carbamates (subject to hydrolysis) is 1. The molecule has 8 heteroatoms. The maximum atomic E-state index is 12.4. The molecule has 1 aromatic rings. The molecule has 3 aliphatic heterocycles. The predicted molar refractivity (Wildman–Crippen MR) is 123 cm³/mol. The standard InChI is InChI=1S/C21H30N2O2.C4H4O4/c24-21(25-15-18-14-23-12-10-16(18)11-13-23)22-20-9-5-4-8-19(20)17-6-2-1-3-7-17;5-3(6)1-2-4(7)8/h1-3,6-7,16,18-20H,4-5,8-15H2,(H,22,24);1-2H,(H,5,6)(H,7,8)/b;2-1+/t18?,19-,20-;/m1./s1. The molecule has 1 unspecified atom stereocenters. The predicted octanol–water partition coefficient (Wildman–Crippen LogP) is 3.49. The van der Waals surface area contributed by atoms with E-state index < -0.39 is 11.9 Å². The van der Waals surface area contributed by atoms with Gasteiger partial charge in [-0.3, -0.25) is 0 Å². The van der Waals surface area contributed by atoms with Gasteiger partial charge in [-0.05, 0) is 50.3 Å². The van der Waals surface area contributed by atoms with Gasteiger partial charge in [-0.1, -0.05) is 43.2 Å². The van der Waals surface area contributed by atoms with Gasteiger partial charge < -0.3 is 25.2 Å². The van der Waals surface area contributed by atoms with Crippen molar-refractivity contribution in [1.82, 2.24) is 10.2 Å². The first-order valence-electron chi connectivity index (χ1n) is 11.8. The highest BCUT2D eigenvalue weighted by Crippen LogP contribution is 2.34. The topological polar surface area (TPSA) is 116 Å². The Morgan fingerprint density at radius 1 is 0.970 bits per heavy atom. The number of carbonyl (C=O) groups is 3. The summed E-state index contributed by atoms with van der Waals surface area (Å²) in [6.45, 7) is 4.14. The van der Waals surface area contributed by atoms with Crippen LogP contribution >= 0.6 is 0 Å². The van der Waals surface area contributed by atoms with Crippen LogP contribution in [0.3, 0.4) is 0 Å². The molecule has 4 aliphatic rings. The van der Waals surface area contributed by atoms with E-state index in [4.69, 9.17) is 14.9 Å². The number of piperidine rings is 3. The van der Waals surface area contributed by atoms with Crippen LogP contribution in [0.2, 0.25) is 0 Å². The van der Waals surface area contributed by atoms with E-state index in [1.54, 1.807) is 0 Å². The zero-order valence-electron chi connectivity index (χ0n) is 18.9. The number of amides is 1. The molecule has 3 N–H and O–H groups in total. The number of hydrogen-bond acceptors (Lipinski definition) is 5. The number of carboxylic acids is 2. The van der Waals surface area contributed by atoms with Crippen molar-refractivity contribution in [2.45, 2.75) is 50.5 Å². The minimum atomic E-state index is -1.26. The van der Waals surface area contributed by atoms with Gasteiger partial charge in [0.25, 0.3) is 0 Å². The number of hydrogen-bond donors (Lipinski definition) is 3. The molecule has 3 atom stereocenters. The number of fused-ring (bicyclic) bond motifs is 3. The van der Waals surface area contributed by atoms with Crippen LogP contribution in [-0.4, -0.2) is 65.4 Å². The Hall–Kier alpha value is -2.87. The molecule has 2 bridgehead atoms. The Morgan fingerprint density at radius 2 is 1.61 bits per heavy atom. The van der Waals surface area contributed by atoms with Gasteiger partial charge in [-0.15, -0.1) is 0 Å². The quantitative estimate of drug-likeness (QED) is 0.559. The smallest absolute Gasteiger partial charge is 0.407 e. The minimum Gasteiger partial charge on any atom is -0.478 e. The summed E-state index contributed by atoms with van der Waals surface area (Å²) in [7, 11) is 0. The molecule has 0 radical (unpaired) electrons. The van der Waals surface area contributed by atoms with Crippen LogP contribution < -0.4 is 5.32 Å². The summed E-state index contributed by atoms with van der Waals surface area (Å²) in [5.41, 5.74) is 1.34. The molecule has 1 amide bonds. The SMILES string of the molecule is O=C(N[C@@H]1CCCC[C@@H]1c1ccccc1)OCC1CN2CCC1CC2.O=C(O)/C=C/C(=O)O. The summed E-state index contributed by atoms with van der Waals surface area (Å²) < 4.78 is 5.64. The molecule has 0 aromatic heterocycles. The maximum Gasteiger partial charge on any atom is 0.407 e. The van der Waals surface area contributed by atoms with Gasteiger partial charge in [0.2, 0.25) is 0 Å². The average Bonchev–Trinajstić information content (AvgIpc) is 2.83. The Labute approximate surface area is 194 Å². The summed E-state index contributed by atoms with van der Waals surface area (Å²) >= 11 is 0. The Balaban J connectivity index is 0.000000331. The lowest BCUT2D eigenvalue weighted by molar-refractivity contribution is -0.134. The van der Waals surface area contributed by atoms with Gasteiger partial charge in [0.15, 0.2) is 0 Å². The van der Waals surface area contributed by atoms with Crippen molar-refractivity contribution in [3.8, 4) is 0 Å². The van der Waals surface area contributed by atoms with E-state index >= 15 is 0 Å². The average molecular weight is 459 g/mol. The Morgan fingerprint density at radius 3 is 2.18 bits per heavy atom. The molecular formula is C25H34N2O6. The minimum absolute atomic E-state index is 0.204. The Kier molecular flexibility index (Phi) is 9.30. The maximum absolute atomic E-state index is 12.4. The van der Waals surface area contributed by atoms with E-state index in [1.807, 2.05) is 0 Å². The van der Waals surface area contributed by atoms with Crippen molar-refractivity contribution in [1.29, 1.82) is 0 Å². The number of aliphatic carboxylic acids is 2. The summed E-state index contributed by atoms with van der Waals surface area (Å²) in [4.78, 5) is 34.0. The molecule has 3 heterocycles. The van der Waals surface area contributed by atoms with Gasteiger partial charge in [0, 0.05) is 36.6 Å². The van der Waals surface area contributed by atoms with E-state index in [0.717, 1.165) is 25.3 Å². The van der Waals surface area contributed by atoms with Gasteiger partial charge >= 0.3 is 18.0 Å². The van der Waals surface area contributed by atoms with Crippen LogP contribution in [0.15, 0.2) is 42.5 Å². The van der Waals surface area contributed by atoms with Crippen molar-refractivity contribution in [2.24, 2.45) is 11.8 Å². The third kappa shape index (κ3) is 7.89. The summed E-state index contributed by atoms with van der Waals surface area (Å²) in [5, 5.41) is 18.8. The first-order chi connectivity index (χ1) is 15.9. The molecule has 33 heavy (non-hydrogen) atoms. The molecule has 1 aliphatic carbocycles. The van der Waals surface area contributed by atoms with Crippen LogP contribution in [0.1, 0.15) is 50.0 Å². The molecule has 5 rings (SSSR count). The van der Waals surface area contributed by atoms with Gasteiger partial charge in [0.1, 0.15) is 0 Å². The zero-order valence-corrected chi connectivity index (χ0v) is 18.9. The lowest BCUT2D eigenvalue weighted by Gasteiger charge is -2.44.